The second-order valence-corrected chi connectivity index (χ2v) is 6.83. The molecule has 0 radical (unpaired) electrons. The molecule has 0 spiro atoms. The van der Waals surface area contributed by atoms with Crippen molar-refractivity contribution in [2.75, 3.05) is 12.4 Å². The molecule has 6 nitrogen and oxygen atoms in total. The minimum Gasteiger partial charge on any atom is -0.497 e. The highest BCUT2D eigenvalue weighted by atomic mass is 32.1. The van der Waals surface area contributed by atoms with E-state index in [4.69, 9.17) is 9.47 Å². The standard InChI is InChI=1S/C22H17N3O3S/c1-27-19-9-5-6-15(14-19)20-21(29-25-24-20)22(26)23-16-10-12-18(13-11-16)28-17-7-3-2-4-8-17/h2-14H,1H3,(H,23,26). The predicted molar refractivity (Wildman–Crippen MR) is 113 cm³/mol. The highest BCUT2D eigenvalue weighted by Crippen LogP contribution is 2.28. The zero-order chi connectivity index (χ0) is 20.1. The molecule has 29 heavy (non-hydrogen) atoms. The van der Waals surface area contributed by atoms with Crippen LogP contribution in [-0.4, -0.2) is 22.6 Å². The summed E-state index contributed by atoms with van der Waals surface area (Å²) in [6.07, 6.45) is 0. The monoisotopic (exact) mass is 403 g/mol. The molecule has 0 aliphatic carbocycles. The van der Waals surface area contributed by atoms with Crippen molar-refractivity contribution in [3.63, 3.8) is 0 Å². The van der Waals surface area contributed by atoms with Gasteiger partial charge in [0.2, 0.25) is 0 Å². The lowest BCUT2D eigenvalue weighted by molar-refractivity contribution is 0.103. The van der Waals surface area contributed by atoms with E-state index in [0.717, 1.165) is 22.8 Å². The summed E-state index contributed by atoms with van der Waals surface area (Å²) in [5, 5.41) is 7.00. The van der Waals surface area contributed by atoms with Crippen LogP contribution in [0.5, 0.6) is 17.2 Å². The lowest BCUT2D eigenvalue weighted by Crippen LogP contribution is -2.11. The first kappa shape index (κ1) is 18.6. The van der Waals surface area contributed by atoms with E-state index in [1.807, 2.05) is 54.6 Å². The molecule has 0 bridgehead atoms. The summed E-state index contributed by atoms with van der Waals surface area (Å²) in [6.45, 7) is 0. The third-order valence-corrected chi connectivity index (χ3v) is 4.85. The van der Waals surface area contributed by atoms with Gasteiger partial charge in [0.05, 0.1) is 7.11 Å². The second-order valence-electron chi connectivity index (χ2n) is 6.08. The van der Waals surface area contributed by atoms with Gasteiger partial charge in [-0.15, -0.1) is 5.10 Å². The number of hydrogen-bond acceptors (Lipinski definition) is 6. The smallest absolute Gasteiger partial charge is 0.269 e. The van der Waals surface area contributed by atoms with E-state index in [9.17, 15) is 4.79 Å². The van der Waals surface area contributed by atoms with E-state index in [2.05, 4.69) is 14.9 Å². The SMILES string of the molecule is COc1cccc(-c2nnsc2C(=O)Nc2ccc(Oc3ccccc3)cc2)c1. The zero-order valence-electron chi connectivity index (χ0n) is 15.5. The molecule has 7 heteroatoms. The number of aromatic nitrogens is 2. The number of hydrogen-bond donors (Lipinski definition) is 1. The normalized spacial score (nSPS) is 10.4. The van der Waals surface area contributed by atoms with Gasteiger partial charge >= 0.3 is 0 Å². The highest BCUT2D eigenvalue weighted by molar-refractivity contribution is 7.08. The third-order valence-electron chi connectivity index (χ3n) is 4.13. The lowest BCUT2D eigenvalue weighted by atomic mass is 10.1. The van der Waals surface area contributed by atoms with Crippen LogP contribution in [0.25, 0.3) is 11.3 Å². The van der Waals surface area contributed by atoms with Gasteiger partial charge in [-0.1, -0.05) is 34.8 Å². The molecule has 0 saturated heterocycles. The molecule has 0 unspecified atom stereocenters. The van der Waals surface area contributed by atoms with E-state index < -0.39 is 0 Å². The topological polar surface area (TPSA) is 73.3 Å². The molecule has 0 aliphatic rings. The van der Waals surface area contributed by atoms with Crippen LogP contribution < -0.4 is 14.8 Å². The van der Waals surface area contributed by atoms with Gasteiger partial charge in [-0.25, -0.2) is 0 Å². The van der Waals surface area contributed by atoms with E-state index in [1.165, 1.54) is 0 Å². The van der Waals surface area contributed by atoms with Gasteiger partial charge in [0.25, 0.3) is 5.91 Å². The van der Waals surface area contributed by atoms with Crippen molar-refractivity contribution in [3.05, 3.63) is 83.7 Å². The maximum Gasteiger partial charge on any atom is 0.269 e. The third kappa shape index (κ3) is 4.41. The number of nitrogens with zero attached hydrogens (tertiary/aromatic N) is 2. The quantitative estimate of drug-likeness (QED) is 0.475. The molecule has 1 aromatic heterocycles. The van der Waals surface area contributed by atoms with Crippen LogP contribution in [0.1, 0.15) is 9.67 Å². The number of nitrogens with one attached hydrogen (secondary N) is 1. The average molecular weight is 403 g/mol. The van der Waals surface area contributed by atoms with E-state index in [-0.39, 0.29) is 5.91 Å². The minimum atomic E-state index is -0.269. The first-order valence-electron chi connectivity index (χ1n) is 8.84. The maximum atomic E-state index is 12.8. The first-order chi connectivity index (χ1) is 14.2. The summed E-state index contributed by atoms with van der Waals surface area (Å²) in [5.41, 5.74) is 1.95. The molecule has 0 saturated carbocycles. The van der Waals surface area contributed by atoms with E-state index in [0.29, 0.717) is 27.8 Å². The van der Waals surface area contributed by atoms with Gasteiger partial charge < -0.3 is 14.8 Å². The van der Waals surface area contributed by atoms with Crippen molar-refractivity contribution in [1.29, 1.82) is 0 Å². The minimum absolute atomic E-state index is 0.269. The Kier molecular flexibility index (Phi) is 5.49. The predicted octanol–water partition coefficient (Wildman–Crippen LogP) is 5.26. The lowest BCUT2D eigenvalue weighted by Gasteiger charge is -2.08. The number of para-hydroxylation sites is 1. The molecule has 3 aromatic carbocycles. The van der Waals surface area contributed by atoms with Crippen LogP contribution in [-0.2, 0) is 0 Å². The summed E-state index contributed by atoms with van der Waals surface area (Å²) >= 11 is 1.05. The molecule has 4 rings (SSSR count). The van der Waals surface area contributed by atoms with Crippen molar-refractivity contribution in [2.45, 2.75) is 0 Å². The van der Waals surface area contributed by atoms with Crippen LogP contribution in [0.3, 0.4) is 0 Å². The fourth-order valence-electron chi connectivity index (χ4n) is 2.72. The fourth-order valence-corrected chi connectivity index (χ4v) is 3.30. The molecule has 1 heterocycles. The van der Waals surface area contributed by atoms with Gasteiger partial charge in [0, 0.05) is 11.3 Å². The maximum absolute atomic E-state index is 12.8. The van der Waals surface area contributed by atoms with Gasteiger partial charge in [-0.05, 0) is 60.1 Å². The molecular formula is C22H17N3O3S. The van der Waals surface area contributed by atoms with Crippen LogP contribution in [0, 0.1) is 0 Å². The van der Waals surface area contributed by atoms with Gasteiger partial charge in [0.15, 0.2) is 0 Å². The first-order valence-corrected chi connectivity index (χ1v) is 9.61. The number of methoxy groups -OCH3 is 1. The number of amides is 1. The molecule has 1 amide bonds. The summed E-state index contributed by atoms with van der Waals surface area (Å²) < 4.78 is 15.0. The number of ether oxygens (including phenoxy) is 2. The Labute approximate surface area is 171 Å². The molecule has 1 N–H and O–H groups in total. The van der Waals surface area contributed by atoms with Crippen molar-refractivity contribution in [2.24, 2.45) is 0 Å². The second kappa shape index (κ2) is 8.53. The molecular weight excluding hydrogens is 386 g/mol. The summed E-state index contributed by atoms with van der Waals surface area (Å²) in [7, 11) is 1.59. The van der Waals surface area contributed by atoms with Gasteiger partial charge in [-0.3, -0.25) is 4.79 Å². The average Bonchev–Trinajstić information content (AvgIpc) is 3.26. The van der Waals surface area contributed by atoms with E-state index >= 15 is 0 Å². The summed E-state index contributed by atoms with van der Waals surface area (Å²) in [5.74, 6) is 1.86. The van der Waals surface area contributed by atoms with E-state index in [1.54, 1.807) is 31.4 Å². The molecule has 4 aromatic rings. The van der Waals surface area contributed by atoms with Crippen molar-refractivity contribution in [1.82, 2.24) is 9.59 Å². The van der Waals surface area contributed by atoms with Crippen LogP contribution >= 0.6 is 11.5 Å². The Morgan fingerprint density at radius 3 is 2.38 bits per heavy atom. The Balaban J connectivity index is 1.48. The number of carbonyl (C=O) groups excluding carboxylic acids is 1. The van der Waals surface area contributed by atoms with Crippen LogP contribution in [0.15, 0.2) is 78.9 Å². The van der Waals surface area contributed by atoms with Gasteiger partial charge in [-0.2, -0.15) is 0 Å². The summed E-state index contributed by atoms with van der Waals surface area (Å²) in [6, 6.07) is 24.1. The molecule has 0 fully saturated rings. The molecule has 0 aliphatic heterocycles. The number of rotatable bonds is 6. The Morgan fingerprint density at radius 2 is 1.62 bits per heavy atom. The fraction of sp³-hybridized carbons (Fsp3) is 0.0455. The molecule has 144 valence electrons. The Morgan fingerprint density at radius 1 is 0.897 bits per heavy atom. The van der Waals surface area contributed by atoms with Crippen LogP contribution in [0.4, 0.5) is 5.69 Å². The van der Waals surface area contributed by atoms with Gasteiger partial charge in [0.1, 0.15) is 27.8 Å². The highest BCUT2D eigenvalue weighted by Gasteiger charge is 2.18. The van der Waals surface area contributed by atoms with Crippen LogP contribution in [0.2, 0.25) is 0 Å². The van der Waals surface area contributed by atoms with Crippen molar-refractivity contribution < 1.29 is 14.3 Å². The number of carbonyl (C=O) groups is 1. The summed E-state index contributed by atoms with van der Waals surface area (Å²) in [4.78, 5) is 13.2. The largest absolute Gasteiger partial charge is 0.497 e. The Bertz CT molecular complexity index is 1110. The van der Waals surface area contributed by atoms with Crippen molar-refractivity contribution >= 4 is 23.1 Å². The Hall–Kier alpha value is -3.71. The zero-order valence-corrected chi connectivity index (χ0v) is 16.3. The molecule has 0 atom stereocenters. The number of benzene rings is 3. The van der Waals surface area contributed by atoms with Crippen molar-refractivity contribution in [3.8, 4) is 28.5 Å². The number of anilines is 1.